The van der Waals surface area contributed by atoms with Crippen molar-refractivity contribution in [2.75, 3.05) is 27.3 Å². The van der Waals surface area contributed by atoms with Gasteiger partial charge in [-0.25, -0.2) is 0 Å². The van der Waals surface area contributed by atoms with Gasteiger partial charge in [0, 0.05) is 32.7 Å². The third-order valence-electron chi connectivity index (χ3n) is 2.91. The van der Waals surface area contributed by atoms with Gasteiger partial charge in [0.25, 0.3) is 0 Å². The first-order valence-electron chi connectivity index (χ1n) is 5.09. The quantitative estimate of drug-likeness (QED) is 0.697. The van der Waals surface area contributed by atoms with Gasteiger partial charge in [0.15, 0.2) is 0 Å². The van der Waals surface area contributed by atoms with Crippen molar-refractivity contribution in [1.82, 2.24) is 4.90 Å². The first kappa shape index (κ1) is 11.5. The zero-order chi connectivity index (χ0) is 10.6. The lowest BCUT2D eigenvalue weighted by Crippen LogP contribution is -2.50. The Kier molecular flexibility index (Phi) is 3.89. The Morgan fingerprint density at radius 1 is 1.57 bits per heavy atom. The maximum atomic E-state index is 11.6. The normalized spacial score (nSPS) is 18.8. The predicted molar refractivity (Wildman–Crippen MR) is 54.9 cm³/mol. The van der Waals surface area contributed by atoms with Gasteiger partial charge in [-0.15, -0.1) is 0 Å². The van der Waals surface area contributed by atoms with E-state index in [0.29, 0.717) is 19.6 Å². The van der Waals surface area contributed by atoms with Crippen molar-refractivity contribution in [3.05, 3.63) is 0 Å². The van der Waals surface area contributed by atoms with Gasteiger partial charge >= 0.3 is 0 Å². The van der Waals surface area contributed by atoms with E-state index in [1.807, 2.05) is 0 Å². The fraction of sp³-hybridized carbons (Fsp3) is 0.900. The number of hydrogen-bond donors (Lipinski definition) is 1. The van der Waals surface area contributed by atoms with Crippen molar-refractivity contribution in [3.63, 3.8) is 0 Å². The summed E-state index contributed by atoms with van der Waals surface area (Å²) in [7, 11) is 3.43. The average Bonchev–Trinajstić information content (AvgIpc) is 2.11. The lowest BCUT2D eigenvalue weighted by molar-refractivity contribution is -0.132. The van der Waals surface area contributed by atoms with Crippen molar-refractivity contribution < 1.29 is 9.53 Å². The van der Waals surface area contributed by atoms with Crippen molar-refractivity contribution in [2.45, 2.75) is 31.2 Å². The number of carbonyl (C=O) groups excluding carboxylic acids is 1. The second kappa shape index (κ2) is 4.75. The molecule has 0 aromatic carbocycles. The second-order valence-electron chi connectivity index (χ2n) is 4.20. The van der Waals surface area contributed by atoms with E-state index < -0.39 is 0 Å². The van der Waals surface area contributed by atoms with E-state index in [1.54, 1.807) is 19.1 Å². The molecule has 82 valence electrons. The van der Waals surface area contributed by atoms with E-state index in [9.17, 15) is 4.79 Å². The Bertz CT molecular complexity index is 202. The summed E-state index contributed by atoms with van der Waals surface area (Å²) in [5.74, 6) is 0.129. The van der Waals surface area contributed by atoms with E-state index in [-0.39, 0.29) is 11.4 Å². The molecule has 1 rings (SSSR count). The summed E-state index contributed by atoms with van der Waals surface area (Å²) in [6.07, 6.45) is 3.60. The molecule has 4 nitrogen and oxygen atoms in total. The molecule has 0 saturated heterocycles. The maximum Gasteiger partial charge on any atom is 0.224 e. The number of nitrogens with two attached hydrogens (primary N) is 1. The van der Waals surface area contributed by atoms with Crippen LogP contribution in [0.3, 0.4) is 0 Å². The summed E-state index contributed by atoms with van der Waals surface area (Å²) < 4.78 is 4.91. The Hall–Kier alpha value is -0.610. The molecule has 0 atom stereocenters. The molecule has 0 radical (unpaired) electrons. The van der Waals surface area contributed by atoms with Gasteiger partial charge in [0.05, 0.1) is 6.61 Å². The minimum absolute atomic E-state index is 0.129. The molecule has 1 amide bonds. The van der Waals surface area contributed by atoms with Crippen LogP contribution in [0.2, 0.25) is 0 Å². The lowest BCUT2D eigenvalue weighted by atomic mass is 9.75. The topological polar surface area (TPSA) is 55.6 Å². The van der Waals surface area contributed by atoms with Crippen molar-refractivity contribution in [3.8, 4) is 0 Å². The van der Waals surface area contributed by atoms with Crippen molar-refractivity contribution >= 4 is 5.91 Å². The molecule has 0 bridgehead atoms. The van der Waals surface area contributed by atoms with Gasteiger partial charge in [-0.2, -0.15) is 0 Å². The number of hydrogen-bond acceptors (Lipinski definition) is 3. The van der Waals surface area contributed by atoms with Crippen LogP contribution in [-0.2, 0) is 9.53 Å². The van der Waals surface area contributed by atoms with Crippen LogP contribution in [0.5, 0.6) is 0 Å². The van der Waals surface area contributed by atoms with Gasteiger partial charge in [-0.05, 0) is 19.3 Å². The zero-order valence-electron chi connectivity index (χ0n) is 9.08. The molecule has 0 spiro atoms. The van der Waals surface area contributed by atoms with Crippen LogP contribution in [0.15, 0.2) is 0 Å². The van der Waals surface area contributed by atoms with Crippen LogP contribution in [0.4, 0.5) is 0 Å². The van der Waals surface area contributed by atoms with Crippen LogP contribution in [-0.4, -0.2) is 43.7 Å². The summed E-state index contributed by atoms with van der Waals surface area (Å²) >= 11 is 0. The van der Waals surface area contributed by atoms with Gasteiger partial charge in [-0.3, -0.25) is 4.79 Å². The van der Waals surface area contributed by atoms with E-state index in [4.69, 9.17) is 10.5 Å². The average molecular weight is 200 g/mol. The highest BCUT2D eigenvalue weighted by Crippen LogP contribution is 2.32. The molecule has 1 fully saturated rings. The zero-order valence-corrected chi connectivity index (χ0v) is 9.08. The maximum absolute atomic E-state index is 11.6. The van der Waals surface area contributed by atoms with E-state index >= 15 is 0 Å². The van der Waals surface area contributed by atoms with Crippen LogP contribution >= 0.6 is 0 Å². The summed E-state index contributed by atoms with van der Waals surface area (Å²) in [6.45, 7) is 1.23. The summed E-state index contributed by atoms with van der Waals surface area (Å²) in [4.78, 5) is 13.3. The third kappa shape index (κ3) is 2.96. The first-order chi connectivity index (χ1) is 6.57. The van der Waals surface area contributed by atoms with Gasteiger partial charge < -0.3 is 15.4 Å². The second-order valence-corrected chi connectivity index (χ2v) is 4.20. The van der Waals surface area contributed by atoms with Crippen molar-refractivity contribution in [2.24, 2.45) is 5.73 Å². The van der Waals surface area contributed by atoms with Crippen LogP contribution in [0.25, 0.3) is 0 Å². The van der Waals surface area contributed by atoms with Gasteiger partial charge in [0.1, 0.15) is 0 Å². The van der Waals surface area contributed by atoms with E-state index in [0.717, 1.165) is 19.3 Å². The SMILES string of the molecule is COCCN(C)C(=O)CC1(N)CCC1. The highest BCUT2D eigenvalue weighted by molar-refractivity contribution is 5.77. The van der Waals surface area contributed by atoms with Gasteiger partial charge in [0.2, 0.25) is 5.91 Å². The van der Waals surface area contributed by atoms with E-state index in [1.165, 1.54) is 0 Å². The third-order valence-corrected chi connectivity index (χ3v) is 2.91. The standard InChI is InChI=1S/C10H20N2O2/c1-12(6-7-14-2)9(13)8-10(11)4-3-5-10/h3-8,11H2,1-2H3. The van der Waals surface area contributed by atoms with Crippen molar-refractivity contribution in [1.29, 1.82) is 0 Å². The molecule has 0 unspecified atom stereocenters. The fourth-order valence-electron chi connectivity index (χ4n) is 1.60. The summed E-state index contributed by atoms with van der Waals surface area (Å²) in [5, 5.41) is 0. The number of rotatable bonds is 5. The molecule has 1 saturated carbocycles. The lowest BCUT2D eigenvalue weighted by Gasteiger charge is -2.38. The van der Waals surface area contributed by atoms with Crippen LogP contribution < -0.4 is 5.73 Å². The van der Waals surface area contributed by atoms with E-state index in [2.05, 4.69) is 0 Å². The molecule has 0 heterocycles. The summed E-state index contributed by atoms with van der Waals surface area (Å²) in [6, 6.07) is 0. The monoisotopic (exact) mass is 200 g/mol. The molecule has 1 aliphatic carbocycles. The minimum atomic E-state index is -0.210. The number of ether oxygens (including phenoxy) is 1. The molecule has 0 aromatic rings. The molecule has 4 heteroatoms. The number of amides is 1. The summed E-state index contributed by atoms with van der Waals surface area (Å²) in [5.41, 5.74) is 5.78. The molecule has 2 N–H and O–H groups in total. The van der Waals surface area contributed by atoms with Crippen LogP contribution in [0.1, 0.15) is 25.7 Å². The number of methoxy groups -OCH3 is 1. The molecule has 1 aliphatic rings. The smallest absolute Gasteiger partial charge is 0.224 e. The predicted octanol–water partition coefficient (Wildman–Crippen LogP) is 0.363. The molecule has 14 heavy (non-hydrogen) atoms. The largest absolute Gasteiger partial charge is 0.383 e. The molecule has 0 aliphatic heterocycles. The Morgan fingerprint density at radius 3 is 2.64 bits per heavy atom. The minimum Gasteiger partial charge on any atom is -0.383 e. The first-order valence-corrected chi connectivity index (χ1v) is 5.09. The Labute approximate surface area is 85.4 Å². The Balaban J connectivity index is 2.26. The number of carbonyl (C=O) groups is 1. The number of nitrogens with zero attached hydrogens (tertiary/aromatic N) is 1. The Morgan fingerprint density at radius 2 is 2.21 bits per heavy atom. The molecule has 0 aromatic heterocycles. The van der Waals surface area contributed by atoms with Gasteiger partial charge in [-0.1, -0.05) is 0 Å². The molecular formula is C10H20N2O2. The molecular weight excluding hydrogens is 180 g/mol. The van der Waals surface area contributed by atoms with Crippen LogP contribution in [0, 0.1) is 0 Å². The highest BCUT2D eigenvalue weighted by atomic mass is 16.5. The highest BCUT2D eigenvalue weighted by Gasteiger charge is 2.35. The number of likely N-dealkylation sites (N-methyl/N-ethyl adjacent to an activating group) is 1. The fourth-order valence-corrected chi connectivity index (χ4v) is 1.60.